The Labute approximate surface area is 110 Å². The highest BCUT2D eigenvalue weighted by molar-refractivity contribution is 5.11. The molecule has 0 spiro atoms. The molecule has 1 N–H and O–H groups in total. The molecule has 0 radical (unpaired) electrons. The Bertz CT molecular complexity index is 370. The van der Waals surface area contributed by atoms with Crippen LogP contribution in [-0.4, -0.2) is 15.7 Å². The summed E-state index contributed by atoms with van der Waals surface area (Å²) in [5, 5.41) is 10.8. The van der Waals surface area contributed by atoms with E-state index in [9.17, 15) is 5.11 Å². The lowest BCUT2D eigenvalue weighted by Gasteiger charge is -2.36. The Balaban J connectivity index is 1.97. The second kappa shape index (κ2) is 6.14. The van der Waals surface area contributed by atoms with Crippen molar-refractivity contribution in [1.82, 2.24) is 4.98 Å². The van der Waals surface area contributed by atoms with E-state index in [-0.39, 0.29) is 0 Å². The van der Waals surface area contributed by atoms with Crippen molar-refractivity contribution < 1.29 is 5.11 Å². The summed E-state index contributed by atoms with van der Waals surface area (Å²) in [6, 6.07) is 4.01. The molecule has 2 heteroatoms. The maximum Gasteiger partial charge on any atom is 0.0856 e. The molecule has 2 rings (SSSR count). The van der Waals surface area contributed by atoms with Gasteiger partial charge >= 0.3 is 0 Å². The average Bonchev–Trinajstić information content (AvgIpc) is 2.47. The Morgan fingerprint density at radius 2 is 2.17 bits per heavy atom. The summed E-state index contributed by atoms with van der Waals surface area (Å²) >= 11 is 0. The maximum absolute atomic E-state index is 10.8. The largest absolute Gasteiger partial charge is 0.386 e. The van der Waals surface area contributed by atoms with E-state index in [2.05, 4.69) is 17.6 Å². The van der Waals surface area contributed by atoms with Crippen molar-refractivity contribution in [3.63, 3.8) is 0 Å². The minimum atomic E-state index is -0.698. The zero-order chi connectivity index (χ0) is 12.8. The van der Waals surface area contributed by atoms with E-state index in [0.29, 0.717) is 5.92 Å². The number of hydrogen-bond acceptors (Lipinski definition) is 2. The normalized spacial score (nSPS) is 20.3. The van der Waals surface area contributed by atoms with Crippen LogP contribution in [0.4, 0.5) is 0 Å². The molecular formula is C16H23NO. The zero-order valence-electron chi connectivity index (χ0n) is 11.0. The molecule has 0 amide bonds. The van der Waals surface area contributed by atoms with E-state index >= 15 is 0 Å². The second-order valence-electron chi connectivity index (χ2n) is 5.39. The van der Waals surface area contributed by atoms with Crippen molar-refractivity contribution in [2.75, 3.05) is 0 Å². The number of aliphatic hydroxyl groups is 1. The van der Waals surface area contributed by atoms with Crippen LogP contribution in [0.1, 0.15) is 44.1 Å². The van der Waals surface area contributed by atoms with Crippen LogP contribution in [0.2, 0.25) is 0 Å². The van der Waals surface area contributed by atoms with Crippen molar-refractivity contribution in [3.05, 3.63) is 42.7 Å². The number of hydrogen-bond donors (Lipinski definition) is 1. The molecule has 1 saturated carbocycles. The lowest BCUT2D eigenvalue weighted by molar-refractivity contribution is 0.00396. The number of aryl methyl sites for hydroxylation is 1. The van der Waals surface area contributed by atoms with Crippen LogP contribution < -0.4 is 0 Å². The summed E-state index contributed by atoms with van der Waals surface area (Å²) in [5.74, 6) is 0.389. The van der Waals surface area contributed by atoms with Gasteiger partial charge in [0.1, 0.15) is 0 Å². The van der Waals surface area contributed by atoms with Gasteiger partial charge in [0.05, 0.1) is 5.60 Å². The van der Waals surface area contributed by atoms with Crippen molar-refractivity contribution in [2.45, 2.75) is 50.5 Å². The first-order valence-corrected chi connectivity index (χ1v) is 6.99. The standard InChI is InChI=1S/C16H23NO/c1-2-16(18,15-8-4-3-5-9-15)11-10-14-7-6-12-17-13-14/h2,6-7,12-13,15,18H,1,3-5,8-11H2. The first-order valence-electron chi connectivity index (χ1n) is 6.99. The Morgan fingerprint density at radius 1 is 1.39 bits per heavy atom. The first kappa shape index (κ1) is 13.3. The van der Waals surface area contributed by atoms with Gasteiger partial charge in [0.25, 0.3) is 0 Å². The summed E-state index contributed by atoms with van der Waals surface area (Å²) in [7, 11) is 0. The Morgan fingerprint density at radius 3 is 2.78 bits per heavy atom. The second-order valence-corrected chi connectivity index (χ2v) is 5.39. The van der Waals surface area contributed by atoms with E-state index in [0.717, 1.165) is 25.7 Å². The fourth-order valence-electron chi connectivity index (χ4n) is 2.97. The van der Waals surface area contributed by atoms with Crippen LogP contribution in [0.3, 0.4) is 0 Å². The van der Waals surface area contributed by atoms with Crippen LogP contribution in [0.5, 0.6) is 0 Å². The first-order chi connectivity index (χ1) is 8.74. The van der Waals surface area contributed by atoms with E-state index in [1.54, 1.807) is 12.3 Å². The quantitative estimate of drug-likeness (QED) is 0.805. The van der Waals surface area contributed by atoms with Crippen LogP contribution in [0.15, 0.2) is 37.2 Å². The molecule has 1 aromatic rings. The van der Waals surface area contributed by atoms with Gasteiger partial charge in [0, 0.05) is 12.4 Å². The molecule has 0 aliphatic heterocycles. The van der Waals surface area contributed by atoms with E-state index in [1.807, 2.05) is 12.3 Å². The van der Waals surface area contributed by atoms with Gasteiger partial charge in [-0.2, -0.15) is 0 Å². The molecule has 98 valence electrons. The summed E-state index contributed by atoms with van der Waals surface area (Å²) in [6.07, 6.45) is 13.1. The molecule has 1 aliphatic carbocycles. The minimum absolute atomic E-state index is 0.389. The highest BCUT2D eigenvalue weighted by Crippen LogP contribution is 2.36. The zero-order valence-corrected chi connectivity index (χ0v) is 11.0. The van der Waals surface area contributed by atoms with Gasteiger partial charge in [-0.25, -0.2) is 0 Å². The highest BCUT2D eigenvalue weighted by atomic mass is 16.3. The third-order valence-electron chi connectivity index (χ3n) is 4.20. The third-order valence-corrected chi connectivity index (χ3v) is 4.20. The van der Waals surface area contributed by atoms with Gasteiger partial charge in [-0.15, -0.1) is 6.58 Å². The monoisotopic (exact) mass is 245 g/mol. The van der Waals surface area contributed by atoms with Crippen LogP contribution in [0.25, 0.3) is 0 Å². The van der Waals surface area contributed by atoms with Crippen molar-refractivity contribution in [2.24, 2.45) is 5.92 Å². The lowest BCUT2D eigenvalue weighted by Crippen LogP contribution is -2.37. The number of rotatable bonds is 5. The Kier molecular flexibility index (Phi) is 4.54. The van der Waals surface area contributed by atoms with Gasteiger partial charge in [-0.3, -0.25) is 4.98 Å². The Hall–Kier alpha value is -1.15. The molecule has 1 unspecified atom stereocenters. The predicted molar refractivity (Wildman–Crippen MR) is 74.3 cm³/mol. The minimum Gasteiger partial charge on any atom is -0.386 e. The molecule has 1 heterocycles. The highest BCUT2D eigenvalue weighted by Gasteiger charge is 2.33. The molecular weight excluding hydrogens is 222 g/mol. The molecule has 0 saturated heterocycles. The van der Waals surface area contributed by atoms with Gasteiger partial charge in [0.2, 0.25) is 0 Å². The fourth-order valence-corrected chi connectivity index (χ4v) is 2.97. The van der Waals surface area contributed by atoms with E-state index in [4.69, 9.17) is 0 Å². The van der Waals surface area contributed by atoms with Crippen molar-refractivity contribution >= 4 is 0 Å². The van der Waals surface area contributed by atoms with Crippen LogP contribution >= 0.6 is 0 Å². The van der Waals surface area contributed by atoms with E-state index < -0.39 is 5.60 Å². The number of nitrogens with zero attached hydrogens (tertiary/aromatic N) is 1. The molecule has 1 fully saturated rings. The fraction of sp³-hybridized carbons (Fsp3) is 0.562. The molecule has 1 aliphatic rings. The number of aromatic nitrogens is 1. The van der Waals surface area contributed by atoms with Crippen molar-refractivity contribution in [1.29, 1.82) is 0 Å². The van der Waals surface area contributed by atoms with Crippen LogP contribution in [-0.2, 0) is 6.42 Å². The molecule has 1 atom stereocenters. The van der Waals surface area contributed by atoms with Crippen LogP contribution in [0, 0.1) is 5.92 Å². The molecule has 1 aromatic heterocycles. The third kappa shape index (κ3) is 3.20. The van der Waals surface area contributed by atoms with Gasteiger partial charge in [-0.1, -0.05) is 31.4 Å². The topological polar surface area (TPSA) is 33.1 Å². The van der Waals surface area contributed by atoms with Gasteiger partial charge < -0.3 is 5.11 Å². The predicted octanol–water partition coefficient (Wildman–Crippen LogP) is 3.51. The summed E-state index contributed by atoms with van der Waals surface area (Å²) in [5.41, 5.74) is 0.490. The summed E-state index contributed by atoms with van der Waals surface area (Å²) in [6.45, 7) is 3.85. The summed E-state index contributed by atoms with van der Waals surface area (Å²) in [4.78, 5) is 4.12. The smallest absolute Gasteiger partial charge is 0.0856 e. The molecule has 0 aromatic carbocycles. The number of pyridine rings is 1. The maximum atomic E-state index is 10.8. The lowest BCUT2D eigenvalue weighted by atomic mass is 9.74. The summed E-state index contributed by atoms with van der Waals surface area (Å²) < 4.78 is 0. The van der Waals surface area contributed by atoms with Gasteiger partial charge in [-0.05, 0) is 43.2 Å². The van der Waals surface area contributed by atoms with Gasteiger partial charge in [0.15, 0.2) is 0 Å². The molecule has 2 nitrogen and oxygen atoms in total. The average molecular weight is 245 g/mol. The van der Waals surface area contributed by atoms with E-state index in [1.165, 1.54) is 24.8 Å². The molecule has 18 heavy (non-hydrogen) atoms. The van der Waals surface area contributed by atoms with Crippen molar-refractivity contribution in [3.8, 4) is 0 Å². The SMILES string of the molecule is C=CC(O)(CCc1cccnc1)C1CCCCC1. The molecule has 0 bridgehead atoms.